The molecule has 0 aromatic carbocycles. The van der Waals surface area contributed by atoms with E-state index in [-0.39, 0.29) is 25.1 Å². The van der Waals surface area contributed by atoms with Crippen molar-refractivity contribution in [2.45, 2.75) is 19.4 Å². The Balaban J connectivity index is 0.00000128. The van der Waals surface area contributed by atoms with Crippen LogP contribution in [0.2, 0.25) is 0 Å². The zero-order valence-corrected chi connectivity index (χ0v) is 10.8. The third-order valence-corrected chi connectivity index (χ3v) is 3.49. The fraction of sp³-hybridized carbons (Fsp3) is 1.00. The minimum absolute atomic E-state index is 0. The molecule has 0 aliphatic carbocycles. The first-order valence-electron chi connectivity index (χ1n) is 5.87. The number of nitrogens with one attached hydrogen (secondary N) is 1. The second-order valence-corrected chi connectivity index (χ2v) is 5.15. The first kappa shape index (κ1) is 14.2. The molecule has 0 aromatic rings. The summed E-state index contributed by atoms with van der Waals surface area (Å²) in [6, 6.07) is 0. The van der Waals surface area contributed by atoms with E-state index >= 15 is 0 Å². The van der Waals surface area contributed by atoms with Crippen molar-refractivity contribution >= 4 is 12.4 Å². The second kappa shape index (κ2) is 6.17. The summed E-state index contributed by atoms with van der Waals surface area (Å²) in [5.74, 6) is 0. The topological polar surface area (TPSA) is 44.7 Å². The molecule has 0 amide bonds. The van der Waals surface area contributed by atoms with E-state index in [0.29, 0.717) is 5.41 Å². The van der Waals surface area contributed by atoms with Crippen LogP contribution in [-0.4, -0.2) is 62.0 Å². The lowest BCUT2D eigenvalue weighted by Gasteiger charge is -2.37. The van der Waals surface area contributed by atoms with Crippen LogP contribution in [0.4, 0.5) is 0 Å². The van der Waals surface area contributed by atoms with Gasteiger partial charge in [-0.15, -0.1) is 12.4 Å². The first-order chi connectivity index (χ1) is 7.22. The third-order valence-electron chi connectivity index (χ3n) is 3.49. The van der Waals surface area contributed by atoms with Crippen LogP contribution >= 0.6 is 12.4 Å². The molecule has 2 rings (SSSR count). The minimum Gasteiger partial charge on any atom is -0.394 e. The zero-order valence-electron chi connectivity index (χ0n) is 9.95. The van der Waals surface area contributed by atoms with Crippen LogP contribution in [0.5, 0.6) is 0 Å². The molecule has 2 atom stereocenters. The number of halogens is 1. The third kappa shape index (κ3) is 3.57. The Hall–Kier alpha value is 0.130. The van der Waals surface area contributed by atoms with Crippen LogP contribution in [-0.2, 0) is 4.74 Å². The van der Waals surface area contributed by atoms with Gasteiger partial charge in [0.2, 0.25) is 0 Å². The zero-order chi connectivity index (χ0) is 10.7. The van der Waals surface area contributed by atoms with E-state index in [4.69, 9.17) is 9.84 Å². The predicted octanol–water partition coefficient (Wildman–Crippen LogP) is 0.101. The van der Waals surface area contributed by atoms with Gasteiger partial charge in [0.1, 0.15) is 0 Å². The summed E-state index contributed by atoms with van der Waals surface area (Å²) in [6.07, 6.45) is 1.28. The van der Waals surface area contributed by atoms with E-state index in [0.717, 1.165) is 39.3 Å². The molecule has 16 heavy (non-hydrogen) atoms. The van der Waals surface area contributed by atoms with Crippen LogP contribution in [0.25, 0.3) is 0 Å². The average Bonchev–Trinajstić information content (AvgIpc) is 2.65. The number of nitrogens with zero attached hydrogens (tertiary/aromatic N) is 1. The van der Waals surface area contributed by atoms with Crippen molar-refractivity contribution < 1.29 is 9.84 Å². The molecule has 2 aliphatic heterocycles. The second-order valence-electron chi connectivity index (χ2n) is 5.15. The molecule has 0 spiro atoms. The van der Waals surface area contributed by atoms with E-state index in [1.807, 2.05) is 0 Å². The van der Waals surface area contributed by atoms with Crippen molar-refractivity contribution in [3.05, 3.63) is 0 Å². The largest absolute Gasteiger partial charge is 0.394 e. The molecule has 5 heteroatoms. The Bertz CT molecular complexity index is 210. The number of morpholine rings is 1. The summed E-state index contributed by atoms with van der Waals surface area (Å²) in [7, 11) is 0. The molecular weight excluding hydrogens is 228 g/mol. The molecule has 0 saturated carbocycles. The molecule has 0 radical (unpaired) electrons. The molecule has 2 saturated heterocycles. The van der Waals surface area contributed by atoms with E-state index in [1.165, 1.54) is 6.42 Å². The Morgan fingerprint density at radius 1 is 1.56 bits per heavy atom. The SMILES string of the molecule is CC1(CN2CCOC(CO)C2)CCNC1.Cl. The lowest BCUT2D eigenvalue weighted by atomic mass is 9.89. The van der Waals surface area contributed by atoms with Crippen molar-refractivity contribution in [3.63, 3.8) is 0 Å². The first-order valence-corrected chi connectivity index (χ1v) is 5.87. The van der Waals surface area contributed by atoms with Gasteiger partial charge in [0.25, 0.3) is 0 Å². The number of hydrogen-bond acceptors (Lipinski definition) is 4. The molecule has 96 valence electrons. The Kier molecular flexibility index (Phi) is 5.47. The fourth-order valence-electron chi connectivity index (χ4n) is 2.58. The summed E-state index contributed by atoms with van der Waals surface area (Å²) < 4.78 is 5.45. The van der Waals surface area contributed by atoms with Gasteiger partial charge in [-0.05, 0) is 18.4 Å². The molecule has 4 nitrogen and oxygen atoms in total. The summed E-state index contributed by atoms with van der Waals surface area (Å²) >= 11 is 0. The van der Waals surface area contributed by atoms with E-state index in [2.05, 4.69) is 17.1 Å². The Labute approximate surface area is 104 Å². The Morgan fingerprint density at radius 2 is 2.38 bits per heavy atom. The van der Waals surface area contributed by atoms with Gasteiger partial charge in [-0.3, -0.25) is 4.90 Å². The fourth-order valence-corrected chi connectivity index (χ4v) is 2.58. The van der Waals surface area contributed by atoms with Crippen molar-refractivity contribution in [1.29, 1.82) is 0 Å². The highest BCUT2D eigenvalue weighted by atomic mass is 35.5. The number of rotatable bonds is 3. The molecule has 2 N–H and O–H groups in total. The van der Waals surface area contributed by atoms with Crippen LogP contribution in [0, 0.1) is 5.41 Å². The van der Waals surface area contributed by atoms with Gasteiger partial charge >= 0.3 is 0 Å². The van der Waals surface area contributed by atoms with Gasteiger partial charge in [0.15, 0.2) is 0 Å². The van der Waals surface area contributed by atoms with Crippen LogP contribution in [0.3, 0.4) is 0 Å². The van der Waals surface area contributed by atoms with Crippen molar-refractivity contribution in [2.24, 2.45) is 5.41 Å². The number of ether oxygens (including phenoxy) is 1. The summed E-state index contributed by atoms with van der Waals surface area (Å²) in [6.45, 7) is 8.52. The number of aliphatic hydroxyl groups is 1. The molecule has 2 heterocycles. The minimum atomic E-state index is 0. The average molecular weight is 251 g/mol. The molecule has 2 fully saturated rings. The molecule has 0 bridgehead atoms. The van der Waals surface area contributed by atoms with Crippen molar-refractivity contribution in [3.8, 4) is 0 Å². The smallest absolute Gasteiger partial charge is 0.0932 e. The van der Waals surface area contributed by atoms with Crippen LogP contribution < -0.4 is 5.32 Å². The van der Waals surface area contributed by atoms with Gasteiger partial charge in [-0.25, -0.2) is 0 Å². The normalized spacial score (nSPS) is 36.0. The van der Waals surface area contributed by atoms with E-state index < -0.39 is 0 Å². The van der Waals surface area contributed by atoms with Gasteiger partial charge in [0.05, 0.1) is 19.3 Å². The van der Waals surface area contributed by atoms with Gasteiger partial charge in [0, 0.05) is 26.2 Å². The summed E-state index contributed by atoms with van der Waals surface area (Å²) in [5, 5.41) is 12.5. The lowest BCUT2D eigenvalue weighted by Crippen LogP contribution is -2.48. The summed E-state index contributed by atoms with van der Waals surface area (Å²) in [5.41, 5.74) is 0.414. The predicted molar refractivity (Wildman–Crippen MR) is 66.1 cm³/mol. The maximum atomic E-state index is 9.07. The molecule has 0 aromatic heterocycles. The van der Waals surface area contributed by atoms with E-state index in [9.17, 15) is 0 Å². The van der Waals surface area contributed by atoms with Crippen molar-refractivity contribution in [1.82, 2.24) is 10.2 Å². The summed E-state index contributed by atoms with van der Waals surface area (Å²) in [4.78, 5) is 2.43. The molecule has 2 aliphatic rings. The van der Waals surface area contributed by atoms with Gasteiger partial charge < -0.3 is 15.2 Å². The van der Waals surface area contributed by atoms with Crippen LogP contribution in [0.15, 0.2) is 0 Å². The number of hydrogen-bond donors (Lipinski definition) is 2. The maximum absolute atomic E-state index is 9.07. The Morgan fingerprint density at radius 3 is 3.00 bits per heavy atom. The highest BCUT2D eigenvalue weighted by Gasteiger charge is 2.32. The van der Waals surface area contributed by atoms with Crippen LogP contribution in [0.1, 0.15) is 13.3 Å². The molecular formula is C11H23ClN2O2. The van der Waals surface area contributed by atoms with E-state index in [1.54, 1.807) is 0 Å². The van der Waals surface area contributed by atoms with Gasteiger partial charge in [-0.1, -0.05) is 6.92 Å². The highest BCUT2D eigenvalue weighted by Crippen LogP contribution is 2.26. The van der Waals surface area contributed by atoms with Crippen molar-refractivity contribution in [2.75, 3.05) is 45.9 Å². The maximum Gasteiger partial charge on any atom is 0.0932 e. The number of aliphatic hydroxyl groups excluding tert-OH is 1. The van der Waals surface area contributed by atoms with Gasteiger partial charge in [-0.2, -0.15) is 0 Å². The lowest BCUT2D eigenvalue weighted by molar-refractivity contribution is -0.0603. The standard InChI is InChI=1S/C11H22N2O2.ClH/c1-11(2-3-12-8-11)9-13-4-5-15-10(6-13)7-14;/h10,12,14H,2-9H2,1H3;1H. The monoisotopic (exact) mass is 250 g/mol. The highest BCUT2D eigenvalue weighted by molar-refractivity contribution is 5.85. The quantitative estimate of drug-likeness (QED) is 0.746. The molecule has 2 unspecified atom stereocenters.